The first-order valence-electron chi connectivity index (χ1n) is 4.93. The molecule has 1 aromatic rings. The summed E-state index contributed by atoms with van der Waals surface area (Å²) in [7, 11) is 0. The van der Waals surface area contributed by atoms with Crippen LogP contribution in [-0.4, -0.2) is 36.5 Å². The van der Waals surface area contributed by atoms with Crippen LogP contribution in [0.2, 0.25) is 0 Å². The number of nitrogens with zero attached hydrogens (tertiary/aromatic N) is 2. The van der Waals surface area contributed by atoms with Gasteiger partial charge in [0.05, 0.1) is 13.2 Å². The average Bonchev–Trinajstić information content (AvgIpc) is 2.28. The van der Waals surface area contributed by atoms with Crippen LogP contribution in [0.3, 0.4) is 0 Å². The second kappa shape index (κ2) is 6.21. The van der Waals surface area contributed by atoms with E-state index in [1.165, 1.54) is 0 Å². The molecule has 0 fully saturated rings. The molecule has 7 heteroatoms. The van der Waals surface area contributed by atoms with Crippen molar-refractivity contribution in [2.24, 2.45) is 5.18 Å². The van der Waals surface area contributed by atoms with Gasteiger partial charge in [-0.2, -0.15) is 0 Å². The van der Waals surface area contributed by atoms with Gasteiger partial charge in [-0.3, -0.25) is 0 Å². The van der Waals surface area contributed by atoms with Gasteiger partial charge in [0, 0.05) is 25.2 Å². The Balaban J connectivity index is 3.13. The zero-order chi connectivity index (χ0) is 12.8. The van der Waals surface area contributed by atoms with Gasteiger partial charge in [-0.15, -0.1) is 4.91 Å². The first-order valence-corrected chi connectivity index (χ1v) is 4.93. The third kappa shape index (κ3) is 3.18. The van der Waals surface area contributed by atoms with E-state index in [0.29, 0.717) is 0 Å². The number of rotatable bonds is 6. The molecule has 0 aliphatic carbocycles. The van der Waals surface area contributed by atoms with Gasteiger partial charge in [0.2, 0.25) is 0 Å². The Morgan fingerprint density at radius 3 is 1.94 bits per heavy atom. The molecule has 0 atom stereocenters. The molecule has 0 amide bonds. The third-order valence-corrected chi connectivity index (χ3v) is 2.16. The molecule has 0 unspecified atom stereocenters. The minimum absolute atomic E-state index is 0.0255. The van der Waals surface area contributed by atoms with Crippen LogP contribution in [0.15, 0.2) is 17.3 Å². The SMILES string of the molecule is O=Nc1cc(F)c(N(CCO)CCO)c(F)c1. The Morgan fingerprint density at radius 1 is 1.12 bits per heavy atom. The fraction of sp³-hybridized carbons (Fsp3) is 0.400. The van der Waals surface area contributed by atoms with Crippen LogP contribution in [0.1, 0.15) is 0 Å². The molecule has 94 valence electrons. The lowest BCUT2D eigenvalue weighted by Crippen LogP contribution is -2.31. The van der Waals surface area contributed by atoms with Gasteiger partial charge in [-0.25, -0.2) is 8.78 Å². The number of benzene rings is 1. The van der Waals surface area contributed by atoms with Crippen LogP contribution in [0.5, 0.6) is 0 Å². The second-order valence-corrected chi connectivity index (χ2v) is 3.28. The van der Waals surface area contributed by atoms with Crippen molar-refractivity contribution in [2.75, 3.05) is 31.2 Å². The molecule has 0 aliphatic heterocycles. The van der Waals surface area contributed by atoms with Crippen molar-refractivity contribution >= 4 is 11.4 Å². The molecule has 1 aromatic carbocycles. The minimum atomic E-state index is -0.957. The molecule has 0 aliphatic rings. The summed E-state index contributed by atoms with van der Waals surface area (Å²) in [6.45, 7) is -0.677. The standard InChI is InChI=1S/C10H12F2N2O3/c11-8-5-7(13-17)6-9(12)10(8)14(1-3-15)2-4-16/h5-6,15-16H,1-4H2. The molecule has 0 saturated heterocycles. The van der Waals surface area contributed by atoms with Crippen LogP contribution in [0.4, 0.5) is 20.2 Å². The lowest BCUT2D eigenvalue weighted by molar-refractivity contribution is 0.280. The summed E-state index contributed by atoms with van der Waals surface area (Å²) in [5.74, 6) is -1.91. The van der Waals surface area contributed by atoms with Gasteiger partial charge in [0.15, 0.2) is 11.6 Å². The van der Waals surface area contributed by atoms with Crippen LogP contribution in [0.25, 0.3) is 0 Å². The maximum atomic E-state index is 13.6. The third-order valence-electron chi connectivity index (χ3n) is 2.16. The molecule has 1 rings (SSSR count). The quantitative estimate of drug-likeness (QED) is 0.738. The fourth-order valence-corrected chi connectivity index (χ4v) is 1.48. The molecule has 17 heavy (non-hydrogen) atoms. The predicted octanol–water partition coefficient (Wildman–Crippen LogP) is 1.15. The van der Waals surface area contributed by atoms with Gasteiger partial charge < -0.3 is 15.1 Å². The summed E-state index contributed by atoms with van der Waals surface area (Å²) in [5.41, 5.74) is -0.739. The Kier molecular flexibility index (Phi) is 4.92. The van der Waals surface area contributed by atoms with Crippen LogP contribution in [0, 0.1) is 16.5 Å². The molecular weight excluding hydrogens is 234 g/mol. The van der Waals surface area contributed by atoms with Gasteiger partial charge >= 0.3 is 0 Å². The van der Waals surface area contributed by atoms with Gasteiger partial charge in [-0.1, -0.05) is 0 Å². The molecule has 0 radical (unpaired) electrons. The number of anilines is 1. The normalized spacial score (nSPS) is 10.4. The van der Waals surface area contributed by atoms with Gasteiger partial charge in [-0.05, 0) is 5.18 Å². The van der Waals surface area contributed by atoms with E-state index < -0.39 is 11.6 Å². The Hall–Kier alpha value is -1.60. The molecule has 0 saturated carbocycles. The van der Waals surface area contributed by atoms with Crippen LogP contribution in [-0.2, 0) is 0 Å². The van der Waals surface area contributed by atoms with E-state index in [-0.39, 0.29) is 37.7 Å². The van der Waals surface area contributed by atoms with Crippen molar-refractivity contribution in [1.29, 1.82) is 0 Å². The van der Waals surface area contributed by atoms with Crippen molar-refractivity contribution in [3.8, 4) is 0 Å². The van der Waals surface area contributed by atoms with Crippen LogP contribution < -0.4 is 4.90 Å². The minimum Gasteiger partial charge on any atom is -0.395 e. The Morgan fingerprint density at radius 2 is 1.59 bits per heavy atom. The number of nitroso groups, excluding NO2 is 1. The highest BCUT2D eigenvalue weighted by molar-refractivity contribution is 5.55. The number of hydrogen-bond acceptors (Lipinski definition) is 5. The van der Waals surface area contributed by atoms with E-state index in [1.54, 1.807) is 0 Å². The molecule has 0 heterocycles. The summed E-state index contributed by atoms with van der Waals surface area (Å²) >= 11 is 0. The number of halogens is 2. The lowest BCUT2D eigenvalue weighted by atomic mass is 10.2. The molecule has 5 nitrogen and oxygen atoms in total. The smallest absolute Gasteiger partial charge is 0.151 e. The predicted molar refractivity (Wildman–Crippen MR) is 58.2 cm³/mol. The van der Waals surface area contributed by atoms with E-state index in [4.69, 9.17) is 10.2 Å². The van der Waals surface area contributed by atoms with Gasteiger partial charge in [0.1, 0.15) is 11.4 Å². The van der Waals surface area contributed by atoms with E-state index in [9.17, 15) is 13.7 Å². The van der Waals surface area contributed by atoms with Crippen molar-refractivity contribution in [3.05, 3.63) is 28.7 Å². The van der Waals surface area contributed by atoms with E-state index in [2.05, 4.69) is 5.18 Å². The van der Waals surface area contributed by atoms with Crippen molar-refractivity contribution in [1.82, 2.24) is 0 Å². The van der Waals surface area contributed by atoms with Crippen LogP contribution >= 0.6 is 0 Å². The first kappa shape index (κ1) is 13.5. The Bertz CT molecular complexity index is 372. The number of aliphatic hydroxyl groups excluding tert-OH is 2. The molecule has 0 bridgehead atoms. The van der Waals surface area contributed by atoms with Gasteiger partial charge in [0.25, 0.3) is 0 Å². The summed E-state index contributed by atoms with van der Waals surface area (Å²) in [5, 5.41) is 20.0. The average molecular weight is 246 g/mol. The highest BCUT2D eigenvalue weighted by atomic mass is 19.1. The lowest BCUT2D eigenvalue weighted by Gasteiger charge is -2.23. The highest BCUT2D eigenvalue weighted by Gasteiger charge is 2.17. The summed E-state index contributed by atoms with van der Waals surface area (Å²) in [4.78, 5) is 11.3. The second-order valence-electron chi connectivity index (χ2n) is 3.28. The maximum Gasteiger partial charge on any atom is 0.151 e. The topological polar surface area (TPSA) is 73.1 Å². The maximum absolute atomic E-state index is 13.6. The van der Waals surface area contributed by atoms with Crippen molar-refractivity contribution in [3.63, 3.8) is 0 Å². The van der Waals surface area contributed by atoms with E-state index in [1.807, 2.05) is 0 Å². The summed E-state index contributed by atoms with van der Waals surface area (Å²) in [6.07, 6.45) is 0. The summed E-state index contributed by atoms with van der Waals surface area (Å²) in [6, 6.07) is 1.60. The monoisotopic (exact) mass is 246 g/mol. The fourth-order valence-electron chi connectivity index (χ4n) is 1.48. The first-order chi connectivity index (χ1) is 8.13. The molecule has 0 aromatic heterocycles. The van der Waals surface area contributed by atoms with E-state index >= 15 is 0 Å². The largest absolute Gasteiger partial charge is 0.395 e. The van der Waals surface area contributed by atoms with Crippen molar-refractivity contribution < 1.29 is 19.0 Å². The zero-order valence-corrected chi connectivity index (χ0v) is 8.94. The number of hydrogen-bond donors (Lipinski definition) is 2. The Labute approximate surface area is 96.3 Å². The van der Waals surface area contributed by atoms with E-state index in [0.717, 1.165) is 17.0 Å². The highest BCUT2D eigenvalue weighted by Crippen LogP contribution is 2.28. The number of aliphatic hydroxyl groups is 2. The molecule has 0 spiro atoms. The summed E-state index contributed by atoms with van der Waals surface area (Å²) < 4.78 is 27.1. The zero-order valence-electron chi connectivity index (χ0n) is 8.94. The molecule has 2 N–H and O–H groups in total. The van der Waals surface area contributed by atoms with Crippen molar-refractivity contribution in [2.45, 2.75) is 0 Å². The molecular formula is C10H12F2N2O3.